The van der Waals surface area contributed by atoms with Crippen molar-refractivity contribution in [2.45, 2.75) is 39.5 Å². The quantitative estimate of drug-likeness (QED) is 0.671. The zero-order valence-electron chi connectivity index (χ0n) is 13.8. The lowest BCUT2D eigenvalue weighted by molar-refractivity contribution is 0.102. The normalized spacial score (nSPS) is 11.1. The van der Waals surface area contributed by atoms with E-state index >= 15 is 0 Å². The largest absolute Gasteiger partial charge is 0.321 e. The summed E-state index contributed by atoms with van der Waals surface area (Å²) in [4.78, 5) is 12.6. The fraction of sp³-hybridized carbons (Fsp3) is 0.316. The molecule has 0 fully saturated rings. The van der Waals surface area contributed by atoms with Gasteiger partial charge in [0.05, 0.1) is 5.69 Å². The fourth-order valence-electron chi connectivity index (χ4n) is 2.69. The molecule has 0 aliphatic heterocycles. The van der Waals surface area contributed by atoms with Crippen LogP contribution in [0.2, 0.25) is 10.0 Å². The van der Waals surface area contributed by atoms with Gasteiger partial charge in [-0.3, -0.25) is 4.79 Å². The summed E-state index contributed by atoms with van der Waals surface area (Å²) in [6.45, 7) is 8.21. The Balaban J connectivity index is 2.57. The molecule has 0 aliphatic rings. The molecule has 0 aliphatic carbocycles. The Morgan fingerprint density at radius 2 is 1.39 bits per heavy atom. The third-order valence-corrected chi connectivity index (χ3v) is 4.36. The number of amides is 1. The topological polar surface area (TPSA) is 29.1 Å². The number of carbonyl (C=O) groups is 1. The van der Waals surface area contributed by atoms with Crippen LogP contribution in [0, 0.1) is 0 Å². The minimum atomic E-state index is -0.160. The molecule has 122 valence electrons. The van der Waals surface area contributed by atoms with Crippen LogP contribution in [-0.2, 0) is 0 Å². The van der Waals surface area contributed by atoms with E-state index in [0.717, 1.165) is 16.8 Å². The highest BCUT2D eigenvalue weighted by atomic mass is 35.5. The zero-order valence-corrected chi connectivity index (χ0v) is 15.3. The van der Waals surface area contributed by atoms with Gasteiger partial charge in [0.2, 0.25) is 0 Å². The SMILES string of the molecule is CC(C)c1c(Cl)cc(Cl)c(C(C)C)c1NC(=O)c1ccccc1. The number of rotatable bonds is 4. The third-order valence-electron chi connectivity index (χ3n) is 3.74. The molecule has 0 saturated carbocycles. The van der Waals surface area contributed by atoms with Gasteiger partial charge in [-0.25, -0.2) is 0 Å². The van der Waals surface area contributed by atoms with E-state index in [1.54, 1.807) is 18.2 Å². The van der Waals surface area contributed by atoms with E-state index in [1.165, 1.54) is 0 Å². The first-order chi connectivity index (χ1) is 10.8. The number of carbonyl (C=O) groups excluding carboxylic acids is 1. The van der Waals surface area contributed by atoms with E-state index in [0.29, 0.717) is 15.6 Å². The van der Waals surface area contributed by atoms with Crippen LogP contribution in [0.25, 0.3) is 0 Å². The van der Waals surface area contributed by atoms with Crippen LogP contribution in [0.3, 0.4) is 0 Å². The summed E-state index contributed by atoms with van der Waals surface area (Å²) in [6, 6.07) is 10.9. The predicted molar refractivity (Wildman–Crippen MR) is 99.0 cm³/mol. The van der Waals surface area contributed by atoms with Crippen molar-refractivity contribution >= 4 is 34.8 Å². The second-order valence-corrected chi connectivity index (χ2v) is 6.99. The van der Waals surface area contributed by atoms with E-state index in [1.807, 2.05) is 18.2 Å². The summed E-state index contributed by atoms with van der Waals surface area (Å²) >= 11 is 12.8. The second-order valence-electron chi connectivity index (χ2n) is 6.17. The molecule has 0 atom stereocenters. The van der Waals surface area contributed by atoms with E-state index in [2.05, 4.69) is 33.0 Å². The predicted octanol–water partition coefficient (Wildman–Crippen LogP) is 6.49. The van der Waals surface area contributed by atoms with E-state index in [4.69, 9.17) is 23.2 Å². The van der Waals surface area contributed by atoms with Crippen molar-refractivity contribution in [1.29, 1.82) is 0 Å². The Morgan fingerprint density at radius 3 is 1.83 bits per heavy atom. The highest BCUT2D eigenvalue weighted by Crippen LogP contribution is 2.42. The Kier molecular flexibility index (Phi) is 5.72. The molecule has 0 radical (unpaired) electrons. The fourth-order valence-corrected chi connectivity index (χ4v) is 3.59. The molecule has 1 amide bonds. The van der Waals surface area contributed by atoms with Crippen LogP contribution in [0.5, 0.6) is 0 Å². The van der Waals surface area contributed by atoms with E-state index in [9.17, 15) is 4.79 Å². The first-order valence-electron chi connectivity index (χ1n) is 7.71. The van der Waals surface area contributed by atoms with Crippen molar-refractivity contribution in [2.75, 3.05) is 5.32 Å². The molecule has 1 N–H and O–H groups in total. The average Bonchev–Trinajstić information content (AvgIpc) is 2.46. The minimum absolute atomic E-state index is 0.160. The molecule has 0 saturated heterocycles. The molecule has 23 heavy (non-hydrogen) atoms. The van der Waals surface area contributed by atoms with Gasteiger partial charge in [0.25, 0.3) is 5.91 Å². The third kappa shape index (κ3) is 3.88. The molecule has 2 aromatic carbocycles. The smallest absolute Gasteiger partial charge is 0.255 e. The number of halogens is 2. The van der Waals surface area contributed by atoms with Gasteiger partial charge < -0.3 is 5.32 Å². The molecule has 0 bridgehead atoms. The highest BCUT2D eigenvalue weighted by molar-refractivity contribution is 6.36. The van der Waals surface area contributed by atoms with Gasteiger partial charge in [0.15, 0.2) is 0 Å². The van der Waals surface area contributed by atoms with Gasteiger partial charge in [-0.2, -0.15) is 0 Å². The van der Waals surface area contributed by atoms with Crippen molar-refractivity contribution in [3.8, 4) is 0 Å². The second kappa shape index (κ2) is 7.37. The van der Waals surface area contributed by atoms with Crippen LogP contribution in [-0.4, -0.2) is 5.91 Å². The highest BCUT2D eigenvalue weighted by Gasteiger charge is 2.22. The van der Waals surface area contributed by atoms with E-state index < -0.39 is 0 Å². The average molecular weight is 350 g/mol. The Hall–Kier alpha value is -1.51. The van der Waals surface area contributed by atoms with Gasteiger partial charge in [-0.15, -0.1) is 0 Å². The van der Waals surface area contributed by atoms with Crippen LogP contribution in [0.15, 0.2) is 36.4 Å². The van der Waals surface area contributed by atoms with Gasteiger partial charge in [0.1, 0.15) is 0 Å². The van der Waals surface area contributed by atoms with Crippen LogP contribution in [0.4, 0.5) is 5.69 Å². The Labute approximate surface area is 147 Å². The molecule has 4 heteroatoms. The Bertz CT molecular complexity index is 677. The lowest BCUT2D eigenvalue weighted by Gasteiger charge is -2.23. The maximum absolute atomic E-state index is 12.6. The van der Waals surface area contributed by atoms with Crippen LogP contribution in [0.1, 0.15) is 61.0 Å². The van der Waals surface area contributed by atoms with Crippen molar-refractivity contribution in [1.82, 2.24) is 0 Å². The number of anilines is 1. The van der Waals surface area contributed by atoms with Gasteiger partial charge in [-0.05, 0) is 41.2 Å². The van der Waals surface area contributed by atoms with Crippen LogP contribution < -0.4 is 5.32 Å². The minimum Gasteiger partial charge on any atom is -0.321 e. The number of hydrogen-bond acceptors (Lipinski definition) is 1. The molecule has 2 rings (SSSR count). The number of benzene rings is 2. The maximum atomic E-state index is 12.6. The molecule has 2 nitrogen and oxygen atoms in total. The monoisotopic (exact) mass is 349 g/mol. The van der Waals surface area contributed by atoms with E-state index in [-0.39, 0.29) is 17.7 Å². The molecule has 2 aromatic rings. The standard InChI is InChI=1S/C19H21Cl2NO/c1-11(2)16-14(20)10-15(21)17(12(3)4)18(16)22-19(23)13-8-6-5-7-9-13/h5-12H,1-4H3,(H,22,23). The summed E-state index contributed by atoms with van der Waals surface area (Å²) in [5.74, 6) is 0.180. The first-order valence-corrected chi connectivity index (χ1v) is 8.46. The van der Waals surface area contributed by atoms with Crippen molar-refractivity contribution in [3.63, 3.8) is 0 Å². The van der Waals surface area contributed by atoms with Crippen LogP contribution >= 0.6 is 23.2 Å². The lowest BCUT2D eigenvalue weighted by Crippen LogP contribution is -2.16. The van der Waals surface area contributed by atoms with Gasteiger partial charge in [0, 0.05) is 15.6 Å². The lowest BCUT2D eigenvalue weighted by atomic mass is 9.92. The zero-order chi connectivity index (χ0) is 17.1. The van der Waals surface area contributed by atoms with Crippen molar-refractivity contribution < 1.29 is 4.79 Å². The molecule has 0 aromatic heterocycles. The molecular weight excluding hydrogens is 329 g/mol. The Morgan fingerprint density at radius 1 is 0.913 bits per heavy atom. The van der Waals surface area contributed by atoms with Crippen molar-refractivity contribution in [2.24, 2.45) is 0 Å². The molecule has 0 heterocycles. The van der Waals surface area contributed by atoms with Gasteiger partial charge in [-0.1, -0.05) is 69.1 Å². The summed E-state index contributed by atoms with van der Waals surface area (Å²) in [5, 5.41) is 4.19. The summed E-state index contributed by atoms with van der Waals surface area (Å²) in [5.41, 5.74) is 3.18. The molecular formula is C19H21Cl2NO. The molecule has 0 spiro atoms. The summed E-state index contributed by atoms with van der Waals surface area (Å²) in [6.07, 6.45) is 0. The maximum Gasteiger partial charge on any atom is 0.255 e. The molecule has 0 unspecified atom stereocenters. The van der Waals surface area contributed by atoms with Crippen molar-refractivity contribution in [3.05, 3.63) is 63.1 Å². The number of nitrogens with one attached hydrogen (secondary N) is 1. The first kappa shape index (κ1) is 17.8. The summed E-state index contributed by atoms with van der Waals surface area (Å²) < 4.78 is 0. The number of hydrogen-bond donors (Lipinski definition) is 1. The van der Waals surface area contributed by atoms with Gasteiger partial charge >= 0.3 is 0 Å². The summed E-state index contributed by atoms with van der Waals surface area (Å²) in [7, 11) is 0.